The van der Waals surface area contributed by atoms with Gasteiger partial charge >= 0.3 is 0 Å². The van der Waals surface area contributed by atoms with Crippen molar-refractivity contribution in [2.24, 2.45) is 5.92 Å². The fourth-order valence-electron chi connectivity index (χ4n) is 4.45. The van der Waals surface area contributed by atoms with Crippen LogP contribution in [0.15, 0.2) is 40.9 Å². The standard InChI is InChI=1S/C22H25BrO4/c1-12-3-5-14(6-4-12)7-15-8-17-16(9-18(15)23)11-27-22(17)10-13(2)19(24)20(25)21(22)26/h3-6,8-9,13,19-21,24-26H,7,10-11H2,1-2H3/t13-,19+,20-,21+,22+/m0/s1. The Morgan fingerprint density at radius 1 is 1.11 bits per heavy atom. The summed E-state index contributed by atoms with van der Waals surface area (Å²) >= 11 is 3.68. The fraction of sp³-hybridized carbons (Fsp3) is 0.455. The van der Waals surface area contributed by atoms with Crippen LogP contribution >= 0.6 is 15.9 Å². The number of fused-ring (bicyclic) bond motifs is 2. The van der Waals surface area contributed by atoms with E-state index in [0.717, 1.165) is 27.6 Å². The van der Waals surface area contributed by atoms with Gasteiger partial charge in [0, 0.05) is 4.47 Å². The fourth-order valence-corrected chi connectivity index (χ4v) is 4.98. The third kappa shape index (κ3) is 3.15. The van der Waals surface area contributed by atoms with Crippen molar-refractivity contribution in [2.75, 3.05) is 0 Å². The van der Waals surface area contributed by atoms with Crippen molar-refractivity contribution in [1.82, 2.24) is 0 Å². The Bertz CT molecular complexity index is 850. The molecule has 0 aromatic heterocycles. The quantitative estimate of drug-likeness (QED) is 0.681. The van der Waals surface area contributed by atoms with Gasteiger partial charge in [0.1, 0.15) is 17.8 Å². The van der Waals surface area contributed by atoms with Gasteiger partial charge in [-0.1, -0.05) is 58.7 Å². The average molecular weight is 433 g/mol. The van der Waals surface area contributed by atoms with Gasteiger partial charge in [0.2, 0.25) is 0 Å². The molecular formula is C22H25BrO4. The molecule has 144 valence electrons. The minimum absolute atomic E-state index is 0.168. The third-order valence-corrected chi connectivity index (χ3v) is 6.83. The second-order valence-electron chi connectivity index (χ2n) is 8.05. The van der Waals surface area contributed by atoms with Crippen LogP contribution in [0.4, 0.5) is 0 Å². The molecule has 2 aromatic rings. The van der Waals surface area contributed by atoms with E-state index < -0.39 is 23.9 Å². The van der Waals surface area contributed by atoms with Crippen molar-refractivity contribution in [2.45, 2.75) is 57.2 Å². The summed E-state index contributed by atoms with van der Waals surface area (Å²) in [6, 6.07) is 12.6. The number of benzene rings is 2. The number of aliphatic hydroxyl groups is 3. The minimum atomic E-state index is -1.22. The van der Waals surface area contributed by atoms with E-state index in [0.29, 0.717) is 13.0 Å². The summed E-state index contributed by atoms with van der Waals surface area (Å²) in [5.41, 5.74) is 4.54. The van der Waals surface area contributed by atoms with Crippen molar-refractivity contribution in [3.8, 4) is 0 Å². The summed E-state index contributed by atoms with van der Waals surface area (Å²) in [6.07, 6.45) is -2.07. The van der Waals surface area contributed by atoms with E-state index in [9.17, 15) is 15.3 Å². The molecule has 1 spiro atoms. The van der Waals surface area contributed by atoms with Gasteiger partial charge in [-0.2, -0.15) is 0 Å². The molecule has 0 unspecified atom stereocenters. The number of hydrogen-bond acceptors (Lipinski definition) is 4. The summed E-state index contributed by atoms with van der Waals surface area (Å²) in [4.78, 5) is 0. The highest BCUT2D eigenvalue weighted by molar-refractivity contribution is 9.10. The number of rotatable bonds is 2. The van der Waals surface area contributed by atoms with Crippen LogP contribution in [-0.4, -0.2) is 33.6 Å². The molecule has 27 heavy (non-hydrogen) atoms. The summed E-state index contributed by atoms with van der Waals surface area (Å²) in [7, 11) is 0. The van der Waals surface area contributed by atoms with E-state index in [-0.39, 0.29) is 5.92 Å². The number of ether oxygens (including phenoxy) is 1. The number of halogens is 1. The van der Waals surface area contributed by atoms with Gasteiger partial charge in [0.05, 0.1) is 12.7 Å². The highest BCUT2D eigenvalue weighted by Gasteiger charge is 2.55. The smallest absolute Gasteiger partial charge is 0.123 e. The molecule has 1 heterocycles. The van der Waals surface area contributed by atoms with E-state index in [1.54, 1.807) is 0 Å². The molecule has 0 saturated heterocycles. The Morgan fingerprint density at radius 2 is 1.81 bits per heavy atom. The lowest BCUT2D eigenvalue weighted by Gasteiger charge is -2.46. The van der Waals surface area contributed by atoms with Crippen molar-refractivity contribution in [3.05, 3.63) is 68.7 Å². The van der Waals surface area contributed by atoms with Gasteiger partial charge in [0.25, 0.3) is 0 Å². The molecule has 5 heteroatoms. The zero-order valence-corrected chi connectivity index (χ0v) is 17.1. The molecule has 1 fully saturated rings. The van der Waals surface area contributed by atoms with Crippen molar-refractivity contribution < 1.29 is 20.1 Å². The van der Waals surface area contributed by atoms with Crippen LogP contribution in [0.25, 0.3) is 0 Å². The van der Waals surface area contributed by atoms with Crippen LogP contribution < -0.4 is 0 Å². The molecule has 1 saturated carbocycles. The summed E-state index contributed by atoms with van der Waals surface area (Å²) in [5, 5.41) is 31.3. The normalized spacial score (nSPS) is 32.7. The van der Waals surface area contributed by atoms with Crippen LogP contribution in [-0.2, 0) is 23.4 Å². The second kappa shape index (κ2) is 6.98. The Kier molecular flexibility index (Phi) is 4.93. The molecule has 4 nitrogen and oxygen atoms in total. The topological polar surface area (TPSA) is 69.9 Å². The van der Waals surface area contributed by atoms with E-state index in [1.807, 2.05) is 6.92 Å². The summed E-state index contributed by atoms with van der Waals surface area (Å²) in [5.74, 6) is -0.168. The average Bonchev–Trinajstić information content (AvgIpc) is 2.99. The van der Waals surface area contributed by atoms with E-state index in [4.69, 9.17) is 4.74 Å². The lowest BCUT2D eigenvalue weighted by atomic mass is 9.70. The molecule has 1 aliphatic carbocycles. The molecule has 0 amide bonds. The summed E-state index contributed by atoms with van der Waals surface area (Å²) in [6.45, 7) is 4.35. The number of aryl methyl sites for hydroxylation is 1. The van der Waals surface area contributed by atoms with E-state index >= 15 is 0 Å². The van der Waals surface area contributed by atoms with Gasteiger partial charge in [-0.15, -0.1) is 0 Å². The first kappa shape index (κ1) is 19.1. The maximum absolute atomic E-state index is 10.8. The van der Waals surface area contributed by atoms with Crippen LogP contribution in [0.2, 0.25) is 0 Å². The molecule has 2 aromatic carbocycles. The predicted molar refractivity (Wildman–Crippen MR) is 106 cm³/mol. The van der Waals surface area contributed by atoms with E-state index in [1.165, 1.54) is 11.1 Å². The largest absolute Gasteiger partial charge is 0.390 e. The molecule has 0 bridgehead atoms. The van der Waals surface area contributed by atoms with Gasteiger partial charge in [-0.3, -0.25) is 0 Å². The molecule has 3 N–H and O–H groups in total. The maximum Gasteiger partial charge on any atom is 0.123 e. The van der Waals surface area contributed by atoms with Gasteiger partial charge < -0.3 is 20.1 Å². The van der Waals surface area contributed by atoms with Crippen LogP contribution in [0.5, 0.6) is 0 Å². The van der Waals surface area contributed by atoms with Crippen molar-refractivity contribution in [3.63, 3.8) is 0 Å². The van der Waals surface area contributed by atoms with Gasteiger partial charge in [-0.25, -0.2) is 0 Å². The predicted octanol–water partition coefficient (Wildman–Crippen LogP) is 3.20. The SMILES string of the molecule is Cc1ccc(Cc2cc3c(cc2Br)CO[C@]32C[C@H](C)[C@@H](O)[C@H](O)[C@H]2O)cc1. The Morgan fingerprint density at radius 3 is 2.52 bits per heavy atom. The molecular weight excluding hydrogens is 408 g/mol. The lowest BCUT2D eigenvalue weighted by Crippen LogP contribution is -2.58. The monoisotopic (exact) mass is 432 g/mol. The highest BCUT2D eigenvalue weighted by atomic mass is 79.9. The summed E-state index contributed by atoms with van der Waals surface area (Å²) < 4.78 is 7.10. The van der Waals surface area contributed by atoms with Crippen LogP contribution in [0, 0.1) is 12.8 Å². The Hall–Kier alpha value is -1.24. The minimum Gasteiger partial charge on any atom is -0.390 e. The van der Waals surface area contributed by atoms with Crippen LogP contribution in [0.3, 0.4) is 0 Å². The number of hydrogen-bond donors (Lipinski definition) is 3. The Labute approximate surface area is 167 Å². The maximum atomic E-state index is 10.8. The van der Waals surface area contributed by atoms with Gasteiger partial charge in [0.15, 0.2) is 0 Å². The van der Waals surface area contributed by atoms with E-state index in [2.05, 4.69) is 59.3 Å². The second-order valence-corrected chi connectivity index (χ2v) is 8.90. The Balaban J connectivity index is 1.73. The lowest BCUT2D eigenvalue weighted by molar-refractivity contribution is -0.222. The van der Waals surface area contributed by atoms with Crippen molar-refractivity contribution >= 4 is 15.9 Å². The van der Waals surface area contributed by atoms with Crippen LogP contribution in [0.1, 0.15) is 41.2 Å². The first-order chi connectivity index (χ1) is 12.8. The zero-order chi connectivity index (χ0) is 19.3. The molecule has 2 aliphatic rings. The molecule has 4 rings (SSSR count). The van der Waals surface area contributed by atoms with Gasteiger partial charge in [-0.05, 0) is 54.0 Å². The molecule has 5 atom stereocenters. The van der Waals surface area contributed by atoms with Crippen molar-refractivity contribution in [1.29, 1.82) is 0 Å². The highest BCUT2D eigenvalue weighted by Crippen LogP contribution is 2.49. The first-order valence-corrected chi connectivity index (χ1v) is 10.2. The molecule has 0 radical (unpaired) electrons. The molecule has 1 aliphatic heterocycles. The first-order valence-electron chi connectivity index (χ1n) is 9.37. The number of aliphatic hydroxyl groups excluding tert-OH is 3. The zero-order valence-electron chi connectivity index (χ0n) is 15.5. The third-order valence-electron chi connectivity index (χ3n) is 6.09.